The van der Waals surface area contributed by atoms with Gasteiger partial charge in [-0.3, -0.25) is 4.79 Å². The fourth-order valence-electron chi connectivity index (χ4n) is 3.11. The third kappa shape index (κ3) is 4.30. The molecule has 3 aromatic carbocycles. The highest BCUT2D eigenvalue weighted by molar-refractivity contribution is 6.32. The quantitative estimate of drug-likeness (QED) is 0.357. The maximum atomic E-state index is 13.0. The van der Waals surface area contributed by atoms with Crippen LogP contribution in [0, 0.1) is 13.8 Å². The second kappa shape index (κ2) is 8.71. The summed E-state index contributed by atoms with van der Waals surface area (Å²) in [5.41, 5.74) is 3.67. The maximum Gasteiger partial charge on any atom is 0.295 e. The number of hydrogen-bond acceptors (Lipinski definition) is 3. The lowest BCUT2D eigenvalue weighted by atomic mass is 10.1. The van der Waals surface area contributed by atoms with E-state index in [1.807, 2.05) is 38.1 Å². The van der Waals surface area contributed by atoms with Gasteiger partial charge in [0.05, 0.1) is 5.69 Å². The van der Waals surface area contributed by atoms with Gasteiger partial charge in [0.15, 0.2) is 5.82 Å². The zero-order valence-corrected chi connectivity index (χ0v) is 18.9. The van der Waals surface area contributed by atoms with E-state index >= 15 is 0 Å². The molecule has 8 heteroatoms. The molecular weight excluding hydrogens is 455 g/mol. The normalized spacial score (nSPS) is 10.9. The van der Waals surface area contributed by atoms with Gasteiger partial charge in [0, 0.05) is 26.3 Å². The number of nitrogens with one attached hydrogen (secondary N) is 1. The van der Waals surface area contributed by atoms with Gasteiger partial charge < -0.3 is 5.32 Å². The van der Waals surface area contributed by atoms with E-state index in [1.54, 1.807) is 41.1 Å². The summed E-state index contributed by atoms with van der Waals surface area (Å²) in [6.07, 6.45) is 0. The average Bonchev–Trinajstić information content (AvgIpc) is 3.19. The Bertz CT molecular complexity index is 1280. The Balaban J connectivity index is 1.81. The van der Waals surface area contributed by atoms with E-state index in [-0.39, 0.29) is 5.82 Å². The molecule has 0 saturated carbocycles. The van der Waals surface area contributed by atoms with Gasteiger partial charge in [0.2, 0.25) is 5.82 Å². The molecule has 4 rings (SSSR count). The smallest absolute Gasteiger partial charge is 0.295 e. The Morgan fingerprint density at radius 3 is 2.23 bits per heavy atom. The van der Waals surface area contributed by atoms with Crippen molar-refractivity contribution >= 4 is 46.4 Å². The highest BCUT2D eigenvalue weighted by Gasteiger charge is 2.21. The minimum Gasteiger partial charge on any atom is -0.319 e. The number of hydrogen-bond donors (Lipinski definition) is 1. The zero-order chi connectivity index (χ0) is 22.1. The Morgan fingerprint density at radius 1 is 0.871 bits per heavy atom. The summed E-state index contributed by atoms with van der Waals surface area (Å²) in [5, 5.41) is 9.09. The monoisotopic (exact) mass is 470 g/mol. The lowest BCUT2D eigenvalue weighted by molar-refractivity contribution is 0.101. The Hall–Kier alpha value is -2.86. The first kappa shape index (κ1) is 21.4. The predicted octanol–water partition coefficient (Wildman–Crippen LogP) is 6.76. The van der Waals surface area contributed by atoms with Crippen LogP contribution in [0.25, 0.3) is 17.1 Å². The minimum absolute atomic E-state index is 0.0173. The summed E-state index contributed by atoms with van der Waals surface area (Å²) in [7, 11) is 0. The van der Waals surface area contributed by atoms with Gasteiger partial charge in [-0.15, -0.1) is 5.10 Å². The van der Waals surface area contributed by atoms with Crippen molar-refractivity contribution in [2.45, 2.75) is 13.8 Å². The first-order chi connectivity index (χ1) is 14.8. The van der Waals surface area contributed by atoms with Crippen LogP contribution in [0.3, 0.4) is 0 Å². The highest BCUT2D eigenvalue weighted by Crippen LogP contribution is 2.28. The third-order valence-electron chi connectivity index (χ3n) is 4.90. The molecule has 0 radical (unpaired) electrons. The molecule has 0 fully saturated rings. The van der Waals surface area contributed by atoms with Crippen LogP contribution in [-0.4, -0.2) is 20.7 Å². The number of halogens is 3. The SMILES string of the molecule is Cc1c(Cl)cccc1NC(=O)c1nc(-c2ccc(Cl)cc2)n(-c2cccc(Cl)c2C)n1. The molecule has 1 N–H and O–H groups in total. The minimum atomic E-state index is -0.445. The van der Waals surface area contributed by atoms with E-state index < -0.39 is 5.91 Å². The van der Waals surface area contributed by atoms with Crippen LogP contribution in [-0.2, 0) is 0 Å². The summed E-state index contributed by atoms with van der Waals surface area (Å²) in [4.78, 5) is 17.5. The van der Waals surface area contributed by atoms with Gasteiger partial charge in [-0.25, -0.2) is 9.67 Å². The van der Waals surface area contributed by atoms with Crippen LogP contribution >= 0.6 is 34.8 Å². The molecule has 0 aliphatic carbocycles. The summed E-state index contributed by atoms with van der Waals surface area (Å²) in [6.45, 7) is 3.72. The number of aromatic nitrogens is 3. The Kier molecular flexibility index (Phi) is 6.01. The molecule has 1 aromatic heterocycles. The fraction of sp³-hybridized carbons (Fsp3) is 0.0870. The molecule has 0 saturated heterocycles. The van der Waals surface area contributed by atoms with Crippen molar-refractivity contribution in [2.75, 3.05) is 5.32 Å². The van der Waals surface area contributed by atoms with Crippen LogP contribution < -0.4 is 5.32 Å². The Labute approximate surface area is 194 Å². The molecule has 0 atom stereocenters. The number of rotatable bonds is 4. The van der Waals surface area contributed by atoms with Crippen LogP contribution in [0.4, 0.5) is 5.69 Å². The van der Waals surface area contributed by atoms with Gasteiger partial charge in [0.25, 0.3) is 5.91 Å². The predicted molar refractivity (Wildman–Crippen MR) is 126 cm³/mol. The van der Waals surface area contributed by atoms with Gasteiger partial charge in [0.1, 0.15) is 0 Å². The van der Waals surface area contributed by atoms with Crippen molar-refractivity contribution in [3.05, 3.63) is 92.7 Å². The number of anilines is 1. The van der Waals surface area contributed by atoms with Crippen molar-refractivity contribution in [2.24, 2.45) is 0 Å². The number of benzene rings is 3. The molecule has 1 amide bonds. The molecule has 0 unspecified atom stereocenters. The van der Waals surface area contributed by atoms with Crippen molar-refractivity contribution < 1.29 is 4.79 Å². The number of nitrogens with zero attached hydrogens (tertiary/aromatic N) is 3. The number of carbonyl (C=O) groups is 1. The van der Waals surface area contributed by atoms with E-state index in [4.69, 9.17) is 34.8 Å². The molecule has 1 heterocycles. The molecule has 5 nitrogen and oxygen atoms in total. The molecule has 0 spiro atoms. The zero-order valence-electron chi connectivity index (χ0n) is 16.7. The first-order valence-electron chi connectivity index (χ1n) is 9.40. The highest BCUT2D eigenvalue weighted by atomic mass is 35.5. The molecule has 0 aliphatic rings. The topological polar surface area (TPSA) is 59.8 Å². The van der Waals surface area contributed by atoms with Crippen molar-refractivity contribution in [1.29, 1.82) is 0 Å². The summed E-state index contributed by atoms with van der Waals surface area (Å²) in [6, 6.07) is 18.0. The van der Waals surface area contributed by atoms with Gasteiger partial charge in [-0.05, 0) is 73.5 Å². The third-order valence-corrected chi connectivity index (χ3v) is 5.97. The first-order valence-corrected chi connectivity index (χ1v) is 10.5. The van der Waals surface area contributed by atoms with E-state index in [0.29, 0.717) is 26.6 Å². The molecule has 31 heavy (non-hydrogen) atoms. The lowest BCUT2D eigenvalue weighted by Crippen LogP contribution is -2.15. The second-order valence-corrected chi connectivity index (χ2v) is 8.18. The van der Waals surface area contributed by atoms with E-state index in [9.17, 15) is 4.79 Å². The van der Waals surface area contributed by atoms with Crippen molar-refractivity contribution in [1.82, 2.24) is 14.8 Å². The van der Waals surface area contributed by atoms with Crippen LogP contribution in [0.2, 0.25) is 15.1 Å². The summed E-state index contributed by atoms with van der Waals surface area (Å²) < 4.78 is 1.62. The van der Waals surface area contributed by atoms with Gasteiger partial charge in [-0.2, -0.15) is 0 Å². The van der Waals surface area contributed by atoms with E-state index in [0.717, 1.165) is 22.4 Å². The molecular formula is C23H17Cl3N4O. The average molecular weight is 472 g/mol. The standard InChI is InChI=1S/C23H17Cl3N4O/c1-13-17(25)5-3-7-19(13)27-23(31)21-28-22(15-9-11-16(24)12-10-15)30(29-21)20-8-4-6-18(26)14(20)2/h3-12H,1-2H3,(H,27,31). The second-order valence-electron chi connectivity index (χ2n) is 6.93. The molecule has 0 aliphatic heterocycles. The Morgan fingerprint density at radius 2 is 1.52 bits per heavy atom. The number of carbonyl (C=O) groups excluding carboxylic acids is 1. The van der Waals surface area contributed by atoms with Crippen molar-refractivity contribution in [3.63, 3.8) is 0 Å². The van der Waals surface area contributed by atoms with Gasteiger partial charge >= 0.3 is 0 Å². The van der Waals surface area contributed by atoms with E-state index in [1.165, 1.54) is 0 Å². The lowest BCUT2D eigenvalue weighted by Gasteiger charge is -2.10. The van der Waals surface area contributed by atoms with Crippen LogP contribution in [0.1, 0.15) is 21.7 Å². The number of amides is 1. The fourth-order valence-corrected chi connectivity index (χ4v) is 3.58. The van der Waals surface area contributed by atoms with Crippen LogP contribution in [0.5, 0.6) is 0 Å². The maximum absolute atomic E-state index is 13.0. The molecule has 0 bridgehead atoms. The summed E-state index contributed by atoms with van der Waals surface area (Å²) in [5.74, 6) is 0.0673. The van der Waals surface area contributed by atoms with Crippen molar-refractivity contribution in [3.8, 4) is 17.1 Å². The molecule has 4 aromatic rings. The summed E-state index contributed by atoms with van der Waals surface area (Å²) >= 11 is 18.5. The van der Waals surface area contributed by atoms with Crippen LogP contribution in [0.15, 0.2) is 60.7 Å². The van der Waals surface area contributed by atoms with E-state index in [2.05, 4.69) is 15.4 Å². The van der Waals surface area contributed by atoms with Gasteiger partial charge in [-0.1, -0.05) is 46.9 Å². The largest absolute Gasteiger partial charge is 0.319 e. The molecule has 156 valence electrons.